The van der Waals surface area contributed by atoms with Gasteiger partial charge in [0.05, 0.1) is 5.41 Å². The minimum absolute atomic E-state index is 0.0102. The van der Waals surface area contributed by atoms with E-state index in [4.69, 9.17) is 0 Å². The number of carbonyl (C=O) groups excluding carboxylic acids is 2. The number of hydrogen-bond donors (Lipinski definition) is 1. The summed E-state index contributed by atoms with van der Waals surface area (Å²) in [5.41, 5.74) is 2.92. The molecule has 0 unspecified atom stereocenters. The summed E-state index contributed by atoms with van der Waals surface area (Å²) in [6, 6.07) is 12.4. The summed E-state index contributed by atoms with van der Waals surface area (Å²) in [5, 5.41) is 3.04. The number of hydrogen-bond acceptors (Lipinski definition) is 3. The Morgan fingerprint density at radius 2 is 1.79 bits per heavy atom. The van der Waals surface area contributed by atoms with Crippen LogP contribution >= 0.6 is 0 Å². The maximum absolute atomic E-state index is 13.1. The van der Waals surface area contributed by atoms with Gasteiger partial charge in [-0.3, -0.25) is 14.6 Å². The second-order valence-electron chi connectivity index (χ2n) is 8.23. The van der Waals surface area contributed by atoms with Crippen LogP contribution in [0.15, 0.2) is 48.8 Å². The summed E-state index contributed by atoms with van der Waals surface area (Å²) in [6.45, 7) is 7.70. The summed E-state index contributed by atoms with van der Waals surface area (Å²) < 4.78 is 0. The summed E-state index contributed by atoms with van der Waals surface area (Å²) in [5.74, 6) is 0.268. The van der Waals surface area contributed by atoms with Gasteiger partial charge in [0, 0.05) is 37.9 Å². The van der Waals surface area contributed by atoms with Gasteiger partial charge in [0.1, 0.15) is 0 Å². The van der Waals surface area contributed by atoms with Crippen LogP contribution in [-0.4, -0.2) is 41.3 Å². The van der Waals surface area contributed by atoms with Crippen molar-refractivity contribution in [2.24, 2.45) is 11.3 Å². The number of amides is 2. The lowest BCUT2D eigenvalue weighted by atomic mass is 9.72. The number of carbonyl (C=O) groups is 2. The predicted molar refractivity (Wildman–Crippen MR) is 115 cm³/mol. The van der Waals surface area contributed by atoms with E-state index in [1.54, 1.807) is 12.4 Å². The zero-order chi connectivity index (χ0) is 20.9. The van der Waals surface area contributed by atoms with Crippen LogP contribution in [0.3, 0.4) is 0 Å². The summed E-state index contributed by atoms with van der Waals surface area (Å²) in [6.07, 6.45) is 5.65. The molecule has 0 bridgehead atoms. The van der Waals surface area contributed by atoms with E-state index in [1.807, 2.05) is 43.9 Å². The molecule has 29 heavy (non-hydrogen) atoms. The van der Waals surface area contributed by atoms with Crippen LogP contribution in [-0.2, 0) is 16.0 Å². The lowest BCUT2D eigenvalue weighted by molar-refractivity contribution is -0.142. The van der Waals surface area contributed by atoms with E-state index >= 15 is 0 Å². The highest BCUT2D eigenvalue weighted by molar-refractivity contribution is 5.84. The van der Waals surface area contributed by atoms with Crippen molar-refractivity contribution in [3.05, 3.63) is 54.4 Å². The van der Waals surface area contributed by atoms with Gasteiger partial charge in [0.25, 0.3) is 0 Å². The fraction of sp³-hybridized carbons (Fsp3) is 0.458. The molecule has 1 aromatic carbocycles. The molecule has 1 aliphatic heterocycles. The maximum atomic E-state index is 13.1. The Morgan fingerprint density at radius 1 is 1.10 bits per heavy atom. The molecule has 3 rings (SSSR count). The zero-order valence-corrected chi connectivity index (χ0v) is 17.6. The van der Waals surface area contributed by atoms with E-state index in [-0.39, 0.29) is 17.7 Å². The minimum atomic E-state index is -0.472. The monoisotopic (exact) mass is 393 g/mol. The molecular weight excluding hydrogens is 362 g/mol. The molecule has 1 aliphatic rings. The molecule has 2 amide bonds. The Morgan fingerprint density at radius 3 is 2.41 bits per heavy atom. The predicted octanol–water partition coefficient (Wildman–Crippen LogP) is 3.69. The molecule has 5 heteroatoms. The first kappa shape index (κ1) is 21.0. The normalized spacial score (nSPS) is 15.9. The number of pyridine rings is 1. The third-order valence-electron chi connectivity index (χ3n) is 5.83. The lowest BCUT2D eigenvalue weighted by Gasteiger charge is -2.41. The molecule has 1 saturated heterocycles. The van der Waals surface area contributed by atoms with E-state index in [2.05, 4.69) is 28.5 Å². The highest BCUT2D eigenvalue weighted by Gasteiger charge is 2.42. The van der Waals surface area contributed by atoms with E-state index < -0.39 is 5.41 Å². The first-order valence-corrected chi connectivity index (χ1v) is 10.5. The van der Waals surface area contributed by atoms with Crippen molar-refractivity contribution >= 4 is 11.8 Å². The first-order valence-electron chi connectivity index (χ1n) is 10.5. The van der Waals surface area contributed by atoms with Crippen LogP contribution in [0.5, 0.6) is 0 Å². The Balaban J connectivity index is 1.82. The Hall–Kier alpha value is -2.69. The molecule has 0 atom stereocenters. The molecule has 0 radical (unpaired) electrons. The van der Waals surface area contributed by atoms with Crippen molar-refractivity contribution in [3.63, 3.8) is 0 Å². The highest BCUT2D eigenvalue weighted by Crippen LogP contribution is 2.37. The average molecular weight is 394 g/mol. The van der Waals surface area contributed by atoms with Gasteiger partial charge in [-0.25, -0.2) is 0 Å². The highest BCUT2D eigenvalue weighted by atomic mass is 16.2. The molecule has 2 heterocycles. The van der Waals surface area contributed by atoms with Gasteiger partial charge in [-0.15, -0.1) is 0 Å². The van der Waals surface area contributed by atoms with Crippen molar-refractivity contribution in [2.45, 2.75) is 40.0 Å². The standard InChI is InChI=1S/C24H31N3O2/c1-4-26-23(29)24(10-14-27(15-11-24)22(28)18(2)3)17-19-6-5-7-21(16-19)20-8-12-25-13-9-20/h5-9,12-13,16,18H,4,10-11,14-15,17H2,1-3H3,(H,26,29). The van der Waals surface area contributed by atoms with Crippen molar-refractivity contribution in [2.75, 3.05) is 19.6 Å². The molecule has 2 aromatic rings. The Labute approximate surface area is 173 Å². The first-order chi connectivity index (χ1) is 13.9. The van der Waals surface area contributed by atoms with Crippen molar-refractivity contribution in [1.29, 1.82) is 0 Å². The van der Waals surface area contributed by atoms with Gasteiger partial charge in [0.2, 0.25) is 11.8 Å². The van der Waals surface area contributed by atoms with Crippen LogP contribution < -0.4 is 5.32 Å². The minimum Gasteiger partial charge on any atom is -0.356 e. The number of nitrogens with zero attached hydrogens (tertiary/aromatic N) is 2. The van der Waals surface area contributed by atoms with Crippen LogP contribution in [0.25, 0.3) is 11.1 Å². The van der Waals surface area contributed by atoms with E-state index in [1.165, 1.54) is 0 Å². The molecular formula is C24H31N3O2. The summed E-state index contributed by atoms with van der Waals surface area (Å²) in [4.78, 5) is 31.5. The van der Waals surface area contributed by atoms with Crippen molar-refractivity contribution < 1.29 is 9.59 Å². The number of likely N-dealkylation sites (tertiary alicyclic amines) is 1. The molecule has 1 aromatic heterocycles. The van der Waals surface area contributed by atoms with E-state index in [0.29, 0.717) is 38.9 Å². The second kappa shape index (κ2) is 9.21. The van der Waals surface area contributed by atoms with E-state index in [0.717, 1.165) is 16.7 Å². The zero-order valence-electron chi connectivity index (χ0n) is 17.6. The number of aromatic nitrogens is 1. The molecule has 0 aliphatic carbocycles. The maximum Gasteiger partial charge on any atom is 0.226 e. The van der Waals surface area contributed by atoms with E-state index in [9.17, 15) is 9.59 Å². The molecule has 154 valence electrons. The van der Waals surface area contributed by atoms with Crippen molar-refractivity contribution in [1.82, 2.24) is 15.2 Å². The third kappa shape index (κ3) is 4.84. The van der Waals surface area contributed by atoms with Gasteiger partial charge in [-0.05, 0) is 55.0 Å². The molecule has 1 fully saturated rings. The topological polar surface area (TPSA) is 62.3 Å². The lowest BCUT2D eigenvalue weighted by Crippen LogP contribution is -2.51. The molecule has 0 saturated carbocycles. The second-order valence-corrected chi connectivity index (χ2v) is 8.23. The van der Waals surface area contributed by atoms with Gasteiger partial charge in [-0.1, -0.05) is 38.1 Å². The number of benzene rings is 1. The molecule has 0 spiro atoms. The Kier molecular flexibility index (Phi) is 6.68. The van der Waals surface area contributed by atoms with Crippen LogP contribution in [0.4, 0.5) is 0 Å². The Bertz CT molecular complexity index is 840. The average Bonchev–Trinajstić information content (AvgIpc) is 2.74. The largest absolute Gasteiger partial charge is 0.356 e. The number of rotatable bonds is 6. The van der Waals surface area contributed by atoms with Crippen LogP contribution in [0.1, 0.15) is 39.2 Å². The van der Waals surface area contributed by atoms with Gasteiger partial charge in [-0.2, -0.15) is 0 Å². The molecule has 1 N–H and O–H groups in total. The van der Waals surface area contributed by atoms with Gasteiger partial charge >= 0.3 is 0 Å². The fourth-order valence-corrected chi connectivity index (χ4v) is 4.15. The number of piperidine rings is 1. The van der Waals surface area contributed by atoms with Gasteiger partial charge < -0.3 is 10.2 Å². The molecule has 5 nitrogen and oxygen atoms in total. The number of nitrogens with one attached hydrogen (secondary N) is 1. The van der Waals surface area contributed by atoms with Crippen LogP contribution in [0.2, 0.25) is 0 Å². The fourth-order valence-electron chi connectivity index (χ4n) is 4.15. The SMILES string of the molecule is CCNC(=O)C1(Cc2cccc(-c3ccncc3)c2)CCN(C(=O)C(C)C)CC1. The van der Waals surface area contributed by atoms with Crippen LogP contribution in [0, 0.1) is 11.3 Å². The van der Waals surface area contributed by atoms with Crippen molar-refractivity contribution in [3.8, 4) is 11.1 Å². The smallest absolute Gasteiger partial charge is 0.226 e. The quantitative estimate of drug-likeness (QED) is 0.814. The summed E-state index contributed by atoms with van der Waals surface area (Å²) >= 11 is 0. The third-order valence-corrected chi connectivity index (χ3v) is 5.83. The summed E-state index contributed by atoms with van der Waals surface area (Å²) in [7, 11) is 0. The van der Waals surface area contributed by atoms with Gasteiger partial charge in [0.15, 0.2) is 0 Å².